The monoisotopic (exact) mass is 171 g/mol. The van der Waals surface area contributed by atoms with Crippen LogP contribution in [0.15, 0.2) is 39.6 Å². The fraction of sp³-hybridized carbons (Fsp3) is 0.143. The van der Waals surface area contributed by atoms with Gasteiger partial charge in [0.25, 0.3) is 0 Å². The fourth-order valence-corrected chi connectivity index (χ4v) is 1.47. The molecule has 1 aromatic rings. The molecule has 11 heavy (non-hydrogen) atoms. The quantitative estimate of drug-likeness (QED) is 0.545. The van der Waals surface area contributed by atoms with Crippen LogP contribution < -0.4 is 0 Å². The molecule has 3 nitrogen and oxygen atoms in total. The van der Waals surface area contributed by atoms with Gasteiger partial charge in [-0.3, -0.25) is 0 Å². The van der Waals surface area contributed by atoms with Crippen LogP contribution in [-0.4, -0.2) is 12.3 Å². The SMILES string of the molecule is CN=S(OO)c1ccccc1. The highest BCUT2D eigenvalue weighted by Crippen LogP contribution is 2.07. The summed E-state index contributed by atoms with van der Waals surface area (Å²) >= 11 is 0. The molecule has 0 aliphatic carbocycles. The number of nitrogens with zero attached hydrogens (tertiary/aromatic N) is 1. The summed E-state index contributed by atoms with van der Waals surface area (Å²) in [6.45, 7) is 0. The lowest BCUT2D eigenvalue weighted by Gasteiger charge is -1.99. The van der Waals surface area contributed by atoms with Crippen LogP contribution in [0.3, 0.4) is 0 Å². The Morgan fingerprint density at radius 3 is 2.45 bits per heavy atom. The molecule has 4 heteroatoms. The molecule has 1 unspecified atom stereocenters. The van der Waals surface area contributed by atoms with Crippen LogP contribution in [0, 0.1) is 0 Å². The summed E-state index contributed by atoms with van der Waals surface area (Å²) in [4.78, 5) is 0.873. The average Bonchev–Trinajstić information content (AvgIpc) is 2.09. The zero-order valence-electron chi connectivity index (χ0n) is 6.10. The van der Waals surface area contributed by atoms with Crippen molar-refractivity contribution in [3.63, 3.8) is 0 Å². The Hall–Kier alpha value is -0.710. The molecule has 0 aromatic heterocycles. The molecule has 0 saturated heterocycles. The van der Waals surface area contributed by atoms with Crippen molar-refractivity contribution in [2.24, 2.45) is 4.36 Å². The molecule has 0 aliphatic rings. The van der Waals surface area contributed by atoms with E-state index in [9.17, 15) is 0 Å². The third-order valence-corrected chi connectivity index (χ3v) is 2.33. The van der Waals surface area contributed by atoms with Crippen molar-refractivity contribution in [1.82, 2.24) is 0 Å². The lowest BCUT2D eigenvalue weighted by atomic mass is 10.4. The largest absolute Gasteiger partial charge is 0.238 e. The maximum atomic E-state index is 8.40. The van der Waals surface area contributed by atoms with E-state index in [0.717, 1.165) is 4.90 Å². The molecule has 0 saturated carbocycles. The van der Waals surface area contributed by atoms with Gasteiger partial charge in [-0.15, -0.1) is 0 Å². The van der Waals surface area contributed by atoms with E-state index in [0.29, 0.717) is 0 Å². The molecule has 0 amide bonds. The molecule has 1 rings (SSSR count). The van der Waals surface area contributed by atoms with Crippen molar-refractivity contribution >= 4 is 11.0 Å². The van der Waals surface area contributed by atoms with Crippen molar-refractivity contribution in [2.45, 2.75) is 4.90 Å². The van der Waals surface area contributed by atoms with Crippen LogP contribution in [0.5, 0.6) is 0 Å². The van der Waals surface area contributed by atoms with Crippen LogP contribution in [0.2, 0.25) is 0 Å². The number of hydrogen-bond donors (Lipinski definition) is 1. The Morgan fingerprint density at radius 2 is 2.00 bits per heavy atom. The van der Waals surface area contributed by atoms with Gasteiger partial charge in [0.1, 0.15) is 0 Å². The van der Waals surface area contributed by atoms with Gasteiger partial charge in [-0.05, 0) is 12.1 Å². The van der Waals surface area contributed by atoms with Crippen molar-refractivity contribution in [1.29, 1.82) is 0 Å². The summed E-state index contributed by atoms with van der Waals surface area (Å²) < 4.78 is 7.98. The summed E-state index contributed by atoms with van der Waals surface area (Å²) in [6.07, 6.45) is 0. The van der Waals surface area contributed by atoms with Gasteiger partial charge in [0.2, 0.25) is 0 Å². The molecule has 0 heterocycles. The standard InChI is InChI=1S/C7H9NO2S/c1-8-11(10-9)7-5-3-2-4-6-7/h2-6,9H,1H3. The topological polar surface area (TPSA) is 41.8 Å². The highest BCUT2D eigenvalue weighted by Gasteiger charge is 1.97. The van der Waals surface area contributed by atoms with Gasteiger partial charge in [0.05, 0.1) is 11.0 Å². The third kappa shape index (κ3) is 2.11. The van der Waals surface area contributed by atoms with E-state index in [1.807, 2.05) is 30.3 Å². The van der Waals surface area contributed by atoms with Crippen LogP contribution in [0.25, 0.3) is 0 Å². The molecule has 0 bridgehead atoms. The normalized spacial score (nSPS) is 13.3. The second-order valence-electron chi connectivity index (χ2n) is 1.82. The second-order valence-corrected chi connectivity index (χ2v) is 3.30. The predicted octanol–water partition coefficient (Wildman–Crippen LogP) is 1.88. The lowest BCUT2D eigenvalue weighted by molar-refractivity contribution is -0.120. The van der Waals surface area contributed by atoms with Crippen LogP contribution in [-0.2, 0) is 15.3 Å². The van der Waals surface area contributed by atoms with Crippen LogP contribution >= 0.6 is 0 Å². The molecule has 0 aliphatic heterocycles. The minimum absolute atomic E-state index is 0.821. The molecule has 60 valence electrons. The number of hydrogen-bond acceptors (Lipinski definition) is 3. The van der Waals surface area contributed by atoms with Crippen molar-refractivity contribution in [3.05, 3.63) is 30.3 Å². The summed E-state index contributed by atoms with van der Waals surface area (Å²) in [5.74, 6) is 0. The van der Waals surface area contributed by atoms with Crippen molar-refractivity contribution < 1.29 is 9.59 Å². The van der Waals surface area contributed by atoms with Crippen molar-refractivity contribution in [2.75, 3.05) is 7.05 Å². The van der Waals surface area contributed by atoms with Crippen molar-refractivity contribution in [3.8, 4) is 0 Å². The Balaban J connectivity index is 2.92. The smallest absolute Gasteiger partial charge is 0.0983 e. The molecule has 1 N–H and O–H groups in total. The fourth-order valence-electron chi connectivity index (χ4n) is 0.719. The minimum atomic E-state index is -0.821. The Bertz CT molecular complexity index is 248. The first-order chi connectivity index (χ1) is 5.38. The molecule has 1 atom stereocenters. The highest BCUT2D eigenvalue weighted by molar-refractivity contribution is 7.82. The van der Waals surface area contributed by atoms with E-state index in [-0.39, 0.29) is 0 Å². The van der Waals surface area contributed by atoms with E-state index in [2.05, 4.69) is 8.70 Å². The summed E-state index contributed by atoms with van der Waals surface area (Å²) in [5, 5.41) is 8.40. The number of rotatable bonds is 2. The van der Waals surface area contributed by atoms with Gasteiger partial charge in [-0.25, -0.2) is 9.62 Å². The van der Waals surface area contributed by atoms with E-state index in [1.54, 1.807) is 7.05 Å². The third-order valence-electron chi connectivity index (χ3n) is 1.18. The molecule has 0 radical (unpaired) electrons. The predicted molar refractivity (Wildman–Crippen MR) is 44.1 cm³/mol. The lowest BCUT2D eigenvalue weighted by Crippen LogP contribution is -1.92. The average molecular weight is 171 g/mol. The summed E-state index contributed by atoms with van der Waals surface area (Å²) in [5.41, 5.74) is 0. The molecule has 0 fully saturated rings. The van der Waals surface area contributed by atoms with Gasteiger partial charge < -0.3 is 0 Å². The zero-order valence-corrected chi connectivity index (χ0v) is 6.91. The first-order valence-corrected chi connectivity index (χ1v) is 4.20. The van der Waals surface area contributed by atoms with Gasteiger partial charge in [-0.2, -0.15) is 4.33 Å². The van der Waals surface area contributed by atoms with Crippen LogP contribution in [0.4, 0.5) is 0 Å². The van der Waals surface area contributed by atoms with E-state index in [4.69, 9.17) is 5.26 Å². The Morgan fingerprint density at radius 1 is 1.36 bits per heavy atom. The highest BCUT2D eigenvalue weighted by atomic mass is 32.2. The van der Waals surface area contributed by atoms with Crippen LogP contribution in [0.1, 0.15) is 0 Å². The van der Waals surface area contributed by atoms with Gasteiger partial charge >= 0.3 is 0 Å². The maximum absolute atomic E-state index is 8.40. The van der Waals surface area contributed by atoms with E-state index < -0.39 is 11.0 Å². The Kier molecular flexibility index (Phi) is 3.22. The summed E-state index contributed by atoms with van der Waals surface area (Å²) in [6, 6.07) is 9.36. The number of benzene rings is 1. The second kappa shape index (κ2) is 4.23. The molecular formula is C7H9NO2S. The van der Waals surface area contributed by atoms with Gasteiger partial charge in [-0.1, -0.05) is 18.2 Å². The van der Waals surface area contributed by atoms with E-state index in [1.165, 1.54) is 0 Å². The molecular weight excluding hydrogens is 162 g/mol. The van der Waals surface area contributed by atoms with E-state index >= 15 is 0 Å². The maximum Gasteiger partial charge on any atom is 0.0983 e. The zero-order chi connectivity index (χ0) is 8.10. The van der Waals surface area contributed by atoms with Gasteiger partial charge in [0.15, 0.2) is 0 Å². The Labute approximate surface area is 67.9 Å². The first-order valence-electron chi connectivity index (χ1n) is 3.09. The first kappa shape index (κ1) is 8.39. The minimum Gasteiger partial charge on any atom is -0.238 e. The molecule has 0 spiro atoms. The molecule has 1 aromatic carbocycles. The van der Waals surface area contributed by atoms with Gasteiger partial charge in [0, 0.05) is 11.9 Å². The summed E-state index contributed by atoms with van der Waals surface area (Å²) in [7, 11) is 0.782.